The van der Waals surface area contributed by atoms with Crippen LogP contribution in [-0.2, 0) is 0 Å². The summed E-state index contributed by atoms with van der Waals surface area (Å²) in [7, 11) is 0. The molecule has 3 heteroatoms. The maximum Gasteiger partial charge on any atom is 0.262 e. The lowest BCUT2D eigenvalue weighted by Gasteiger charge is -2.21. The fourth-order valence-electron chi connectivity index (χ4n) is 3.58. The SMILES string of the molecule is CC(=O)c1ccc(-c2cc(C)ccc2C)n(C2CCCC2)c1=O. The molecule has 0 aliphatic heterocycles. The highest BCUT2D eigenvalue weighted by Crippen LogP contribution is 2.33. The molecule has 0 radical (unpaired) electrons. The van der Waals surface area contributed by atoms with Crippen molar-refractivity contribution in [1.82, 2.24) is 4.57 Å². The van der Waals surface area contributed by atoms with E-state index in [0.29, 0.717) is 5.56 Å². The Morgan fingerprint density at radius 1 is 1.09 bits per heavy atom. The van der Waals surface area contributed by atoms with Crippen molar-refractivity contribution in [2.45, 2.75) is 52.5 Å². The minimum Gasteiger partial charge on any atom is -0.305 e. The Balaban J connectivity index is 2.28. The van der Waals surface area contributed by atoms with Crippen LogP contribution in [0.2, 0.25) is 0 Å². The summed E-state index contributed by atoms with van der Waals surface area (Å²) in [4.78, 5) is 24.7. The molecule has 2 aromatic rings. The minimum atomic E-state index is -0.158. The molecule has 0 saturated heterocycles. The molecule has 0 unspecified atom stereocenters. The number of aryl methyl sites for hydroxylation is 2. The number of ketones is 1. The number of hydrogen-bond acceptors (Lipinski definition) is 2. The smallest absolute Gasteiger partial charge is 0.262 e. The predicted octanol–water partition coefficient (Wildman–Crippen LogP) is 4.45. The van der Waals surface area contributed by atoms with Gasteiger partial charge in [0.15, 0.2) is 5.78 Å². The number of rotatable bonds is 3. The van der Waals surface area contributed by atoms with Crippen LogP contribution in [-0.4, -0.2) is 10.4 Å². The Hall–Kier alpha value is -2.16. The third-order valence-electron chi connectivity index (χ3n) is 4.85. The molecule has 1 aromatic carbocycles. The largest absolute Gasteiger partial charge is 0.305 e. The highest BCUT2D eigenvalue weighted by molar-refractivity contribution is 5.94. The lowest BCUT2D eigenvalue weighted by atomic mass is 10.00. The van der Waals surface area contributed by atoms with E-state index in [9.17, 15) is 9.59 Å². The summed E-state index contributed by atoms with van der Waals surface area (Å²) < 4.78 is 1.88. The van der Waals surface area contributed by atoms with Crippen molar-refractivity contribution < 1.29 is 4.79 Å². The number of pyridine rings is 1. The van der Waals surface area contributed by atoms with E-state index in [-0.39, 0.29) is 17.4 Å². The number of aromatic nitrogens is 1. The van der Waals surface area contributed by atoms with Crippen LogP contribution in [0.25, 0.3) is 11.3 Å². The first-order valence-electron chi connectivity index (χ1n) is 8.33. The fraction of sp³-hybridized carbons (Fsp3) is 0.400. The molecule has 23 heavy (non-hydrogen) atoms. The Bertz CT molecular complexity index is 811. The Morgan fingerprint density at radius 2 is 1.78 bits per heavy atom. The molecule has 0 N–H and O–H groups in total. The first kappa shape index (κ1) is 15.7. The van der Waals surface area contributed by atoms with Crippen molar-refractivity contribution in [2.75, 3.05) is 0 Å². The number of carbonyl (C=O) groups is 1. The normalized spacial score (nSPS) is 15.1. The first-order valence-corrected chi connectivity index (χ1v) is 8.33. The summed E-state index contributed by atoms with van der Waals surface area (Å²) in [5, 5.41) is 0. The van der Waals surface area contributed by atoms with Gasteiger partial charge in [-0.1, -0.05) is 30.5 Å². The zero-order chi connectivity index (χ0) is 16.6. The quantitative estimate of drug-likeness (QED) is 0.786. The second-order valence-electron chi connectivity index (χ2n) is 6.62. The summed E-state index contributed by atoms with van der Waals surface area (Å²) in [5.74, 6) is -0.158. The molecule has 1 aromatic heterocycles. The second kappa shape index (κ2) is 6.15. The van der Waals surface area contributed by atoms with Crippen molar-refractivity contribution >= 4 is 5.78 Å². The van der Waals surface area contributed by atoms with Gasteiger partial charge in [-0.3, -0.25) is 9.59 Å². The van der Waals surface area contributed by atoms with Crippen LogP contribution in [0.1, 0.15) is 60.1 Å². The van der Waals surface area contributed by atoms with Crippen molar-refractivity contribution in [2.24, 2.45) is 0 Å². The summed E-state index contributed by atoms with van der Waals surface area (Å²) in [6, 6.07) is 10.1. The molecule has 1 aliphatic carbocycles. The van der Waals surface area contributed by atoms with Gasteiger partial charge in [-0.25, -0.2) is 0 Å². The van der Waals surface area contributed by atoms with E-state index >= 15 is 0 Å². The number of hydrogen-bond donors (Lipinski definition) is 0. The molecule has 3 nitrogen and oxygen atoms in total. The highest BCUT2D eigenvalue weighted by Gasteiger charge is 2.23. The van der Waals surface area contributed by atoms with Crippen LogP contribution >= 0.6 is 0 Å². The van der Waals surface area contributed by atoms with Gasteiger partial charge in [0.2, 0.25) is 0 Å². The number of carbonyl (C=O) groups excluding carboxylic acids is 1. The van der Waals surface area contributed by atoms with Crippen molar-refractivity contribution in [3.05, 3.63) is 57.4 Å². The lowest BCUT2D eigenvalue weighted by Crippen LogP contribution is -2.29. The van der Waals surface area contributed by atoms with Crippen LogP contribution in [0.3, 0.4) is 0 Å². The number of nitrogens with zero attached hydrogens (tertiary/aromatic N) is 1. The van der Waals surface area contributed by atoms with Gasteiger partial charge in [0.25, 0.3) is 5.56 Å². The predicted molar refractivity (Wildman–Crippen MR) is 93.1 cm³/mol. The average molecular weight is 309 g/mol. The molecule has 1 saturated carbocycles. The van der Waals surface area contributed by atoms with Gasteiger partial charge in [-0.15, -0.1) is 0 Å². The molecule has 0 amide bonds. The van der Waals surface area contributed by atoms with E-state index in [1.54, 1.807) is 6.07 Å². The molecule has 1 aliphatic rings. The van der Waals surface area contributed by atoms with E-state index in [1.165, 1.54) is 12.5 Å². The molecular weight excluding hydrogens is 286 g/mol. The summed E-state index contributed by atoms with van der Waals surface area (Å²) in [5.41, 5.74) is 4.51. The van der Waals surface area contributed by atoms with E-state index in [0.717, 1.165) is 42.5 Å². The van der Waals surface area contributed by atoms with Gasteiger partial charge < -0.3 is 4.57 Å². The number of Topliss-reactive ketones (excluding diaryl/α,β-unsaturated/α-hetero) is 1. The van der Waals surface area contributed by atoms with E-state index in [2.05, 4.69) is 32.0 Å². The van der Waals surface area contributed by atoms with Crippen LogP contribution in [0, 0.1) is 13.8 Å². The maximum atomic E-state index is 12.9. The maximum absolute atomic E-state index is 12.9. The summed E-state index contributed by atoms with van der Waals surface area (Å²) in [6.45, 7) is 5.59. The van der Waals surface area contributed by atoms with Gasteiger partial charge in [-0.2, -0.15) is 0 Å². The fourth-order valence-corrected chi connectivity index (χ4v) is 3.58. The van der Waals surface area contributed by atoms with Gasteiger partial charge in [-0.05, 0) is 57.4 Å². The standard InChI is InChI=1S/C20H23NO2/c1-13-8-9-14(2)18(12-13)19-11-10-17(15(3)22)20(23)21(19)16-6-4-5-7-16/h8-12,16H,4-7H2,1-3H3. The first-order chi connectivity index (χ1) is 11.0. The zero-order valence-electron chi connectivity index (χ0n) is 14.1. The average Bonchev–Trinajstić information content (AvgIpc) is 3.03. The van der Waals surface area contributed by atoms with Crippen molar-refractivity contribution in [3.63, 3.8) is 0 Å². The second-order valence-corrected chi connectivity index (χ2v) is 6.62. The topological polar surface area (TPSA) is 39.1 Å². The van der Waals surface area contributed by atoms with Gasteiger partial charge in [0, 0.05) is 11.6 Å². The van der Waals surface area contributed by atoms with E-state index < -0.39 is 0 Å². The zero-order valence-corrected chi connectivity index (χ0v) is 14.1. The molecule has 0 bridgehead atoms. The van der Waals surface area contributed by atoms with Crippen molar-refractivity contribution in [3.8, 4) is 11.3 Å². The summed E-state index contributed by atoms with van der Waals surface area (Å²) >= 11 is 0. The molecular formula is C20H23NO2. The molecule has 1 heterocycles. The third-order valence-corrected chi connectivity index (χ3v) is 4.85. The monoisotopic (exact) mass is 309 g/mol. The highest BCUT2D eigenvalue weighted by atomic mass is 16.1. The molecule has 120 valence electrons. The molecule has 1 fully saturated rings. The molecule has 0 atom stereocenters. The van der Waals surface area contributed by atoms with Crippen LogP contribution in [0.15, 0.2) is 35.1 Å². The van der Waals surface area contributed by atoms with Gasteiger partial charge in [0.1, 0.15) is 0 Å². The minimum absolute atomic E-state index is 0.136. The summed E-state index contributed by atoms with van der Waals surface area (Å²) in [6.07, 6.45) is 4.32. The third kappa shape index (κ3) is 2.88. The van der Waals surface area contributed by atoms with Crippen molar-refractivity contribution in [1.29, 1.82) is 0 Å². The molecule has 3 rings (SSSR count). The molecule has 0 spiro atoms. The van der Waals surface area contributed by atoms with Gasteiger partial charge in [0.05, 0.1) is 11.3 Å². The van der Waals surface area contributed by atoms with Crippen LogP contribution in [0.4, 0.5) is 0 Å². The van der Waals surface area contributed by atoms with Gasteiger partial charge >= 0.3 is 0 Å². The van der Waals surface area contributed by atoms with Crippen LogP contribution < -0.4 is 5.56 Å². The Kier molecular flexibility index (Phi) is 4.20. The van der Waals surface area contributed by atoms with Crippen LogP contribution in [0.5, 0.6) is 0 Å². The Labute approximate surface area is 137 Å². The van der Waals surface area contributed by atoms with E-state index in [1.807, 2.05) is 10.6 Å². The van der Waals surface area contributed by atoms with E-state index in [4.69, 9.17) is 0 Å². The lowest BCUT2D eigenvalue weighted by molar-refractivity contribution is 0.101. The number of benzene rings is 1. The Morgan fingerprint density at radius 3 is 2.43 bits per heavy atom.